The van der Waals surface area contributed by atoms with Crippen molar-refractivity contribution in [3.05, 3.63) is 28.8 Å². The molecule has 0 unspecified atom stereocenters. The molecule has 3 nitrogen and oxygen atoms in total. The molecule has 0 bridgehead atoms. The third-order valence-corrected chi connectivity index (χ3v) is 2.53. The Hall–Kier alpha value is -1.61. The minimum atomic E-state index is -2.74. The molecule has 1 aromatic carbocycles. The van der Waals surface area contributed by atoms with Crippen molar-refractivity contribution in [2.24, 2.45) is 0 Å². The van der Waals surface area contributed by atoms with E-state index >= 15 is 0 Å². The number of halogens is 2. The van der Waals surface area contributed by atoms with Crippen LogP contribution in [0.2, 0.25) is 0 Å². The summed E-state index contributed by atoms with van der Waals surface area (Å²) in [6.45, 7) is 1.75. The Morgan fingerprint density at radius 1 is 1.59 bits per heavy atom. The van der Waals surface area contributed by atoms with Crippen LogP contribution in [-0.4, -0.2) is 12.6 Å². The van der Waals surface area contributed by atoms with Gasteiger partial charge < -0.3 is 4.74 Å². The predicted molar refractivity (Wildman–Crippen MR) is 59.3 cm³/mol. The van der Waals surface area contributed by atoms with Gasteiger partial charge in [-0.15, -0.1) is 12.6 Å². The van der Waals surface area contributed by atoms with Crippen LogP contribution in [0.4, 0.5) is 8.78 Å². The lowest BCUT2D eigenvalue weighted by Gasteiger charge is -2.09. The number of thiol groups is 1. The molecule has 1 rings (SSSR count). The normalized spacial score (nSPS) is 10.1. The fraction of sp³-hybridized carbons (Fsp3) is 0.273. The summed E-state index contributed by atoms with van der Waals surface area (Å²) in [4.78, 5) is 11.3. The zero-order valence-electron chi connectivity index (χ0n) is 8.91. The van der Waals surface area contributed by atoms with E-state index in [9.17, 15) is 13.6 Å². The number of carbonyl (C=O) groups excluding carboxylic acids is 1. The molecular weight excluding hydrogens is 248 g/mol. The molecule has 0 aromatic heterocycles. The number of nitriles is 1. The first-order chi connectivity index (χ1) is 8.02. The highest BCUT2D eigenvalue weighted by atomic mass is 32.1. The second-order valence-electron chi connectivity index (χ2n) is 3.06. The molecule has 0 radical (unpaired) electrons. The van der Waals surface area contributed by atoms with E-state index in [1.807, 2.05) is 0 Å². The topological polar surface area (TPSA) is 50.1 Å². The lowest BCUT2D eigenvalue weighted by Crippen LogP contribution is -2.08. The molecule has 1 aromatic rings. The Labute approximate surface area is 102 Å². The Kier molecular flexibility index (Phi) is 4.46. The molecule has 0 atom stereocenters. The average molecular weight is 257 g/mol. The van der Waals surface area contributed by atoms with Crippen molar-refractivity contribution in [2.75, 3.05) is 6.61 Å². The number of esters is 1. The molecule has 0 heterocycles. The maximum atomic E-state index is 12.6. The van der Waals surface area contributed by atoms with E-state index in [4.69, 9.17) is 10.00 Å². The highest BCUT2D eigenvalue weighted by molar-refractivity contribution is 7.80. The van der Waals surface area contributed by atoms with Crippen molar-refractivity contribution in [2.45, 2.75) is 18.2 Å². The number of nitrogens with zero attached hydrogens (tertiary/aromatic N) is 1. The first-order valence-corrected chi connectivity index (χ1v) is 5.18. The van der Waals surface area contributed by atoms with Gasteiger partial charge in [-0.3, -0.25) is 0 Å². The first-order valence-electron chi connectivity index (χ1n) is 4.74. The fourth-order valence-electron chi connectivity index (χ4n) is 1.28. The summed E-state index contributed by atoms with van der Waals surface area (Å²) in [5.41, 5.74) is -0.619. The van der Waals surface area contributed by atoms with Crippen molar-refractivity contribution in [3.8, 4) is 6.07 Å². The quantitative estimate of drug-likeness (QED) is 0.669. The van der Waals surface area contributed by atoms with Gasteiger partial charge in [0.05, 0.1) is 17.7 Å². The van der Waals surface area contributed by atoms with Gasteiger partial charge in [0, 0.05) is 10.5 Å². The van der Waals surface area contributed by atoms with Crippen LogP contribution in [0, 0.1) is 11.3 Å². The molecule has 0 fully saturated rings. The summed E-state index contributed by atoms with van der Waals surface area (Å²) >= 11 is 3.85. The van der Waals surface area contributed by atoms with Crippen LogP contribution in [0.1, 0.15) is 34.8 Å². The van der Waals surface area contributed by atoms with E-state index in [2.05, 4.69) is 12.6 Å². The lowest BCUT2D eigenvalue weighted by atomic mass is 10.0. The monoisotopic (exact) mass is 257 g/mol. The molecule has 6 heteroatoms. The highest BCUT2D eigenvalue weighted by Gasteiger charge is 2.20. The zero-order chi connectivity index (χ0) is 13.0. The second-order valence-corrected chi connectivity index (χ2v) is 3.51. The van der Waals surface area contributed by atoms with E-state index in [0.29, 0.717) is 0 Å². The molecule has 0 saturated heterocycles. The van der Waals surface area contributed by atoms with E-state index in [-0.39, 0.29) is 28.2 Å². The molecule has 0 aliphatic rings. The highest BCUT2D eigenvalue weighted by Crippen LogP contribution is 2.30. The Bertz CT molecular complexity index is 483. The summed E-state index contributed by atoms with van der Waals surface area (Å²) in [6.07, 6.45) is -2.74. The fourth-order valence-corrected chi connectivity index (χ4v) is 1.62. The Balaban J connectivity index is 3.32. The van der Waals surface area contributed by atoms with Gasteiger partial charge in [-0.1, -0.05) is 6.07 Å². The number of hydrogen-bond acceptors (Lipinski definition) is 4. The van der Waals surface area contributed by atoms with Gasteiger partial charge in [0.2, 0.25) is 0 Å². The minimum Gasteiger partial charge on any atom is -0.462 e. The number of benzene rings is 1. The summed E-state index contributed by atoms with van der Waals surface area (Å²) in [7, 11) is 0. The largest absolute Gasteiger partial charge is 0.462 e. The van der Waals surface area contributed by atoms with Gasteiger partial charge in [-0.05, 0) is 13.0 Å². The Morgan fingerprint density at radius 2 is 2.24 bits per heavy atom. The third-order valence-electron chi connectivity index (χ3n) is 2.05. The maximum absolute atomic E-state index is 12.6. The summed E-state index contributed by atoms with van der Waals surface area (Å²) in [5.74, 6) is -0.722. The molecule has 90 valence electrons. The predicted octanol–water partition coefficient (Wildman–Crippen LogP) is 2.96. The number of carbonyl (C=O) groups is 1. The first kappa shape index (κ1) is 13.5. The molecule has 0 spiro atoms. The van der Waals surface area contributed by atoms with Crippen molar-refractivity contribution in [1.29, 1.82) is 5.26 Å². The SMILES string of the molecule is CCOC(=O)c1ccc(C(F)F)c(S)c1C#N. The summed E-state index contributed by atoms with van der Waals surface area (Å²) in [5, 5.41) is 8.87. The standard InChI is InChI=1S/C11H9F2NO2S/c1-2-16-11(15)6-3-4-7(10(12)13)9(17)8(6)5-14/h3-4,10,17H,2H2,1H3. The number of ether oxygens (including phenoxy) is 1. The van der Waals surface area contributed by atoms with Gasteiger partial charge in [0.1, 0.15) is 6.07 Å². The van der Waals surface area contributed by atoms with Gasteiger partial charge in [-0.25, -0.2) is 13.6 Å². The average Bonchev–Trinajstić information content (AvgIpc) is 2.28. The zero-order valence-corrected chi connectivity index (χ0v) is 9.80. The lowest BCUT2D eigenvalue weighted by molar-refractivity contribution is 0.0525. The van der Waals surface area contributed by atoms with Crippen LogP contribution in [0.3, 0.4) is 0 Å². The minimum absolute atomic E-state index is 0.0521. The molecule has 0 saturated carbocycles. The molecular formula is C11H9F2NO2S. The molecule has 0 aliphatic heterocycles. The van der Waals surface area contributed by atoms with Crippen LogP contribution < -0.4 is 0 Å². The summed E-state index contributed by atoms with van der Waals surface area (Å²) < 4.78 is 29.8. The van der Waals surface area contributed by atoms with Gasteiger partial charge in [0.25, 0.3) is 6.43 Å². The molecule has 0 N–H and O–H groups in total. The Morgan fingerprint density at radius 3 is 2.71 bits per heavy atom. The molecule has 0 aliphatic carbocycles. The van der Waals surface area contributed by atoms with E-state index < -0.39 is 12.4 Å². The summed E-state index contributed by atoms with van der Waals surface area (Å²) in [6, 6.07) is 3.91. The van der Waals surface area contributed by atoms with Crippen molar-refractivity contribution in [1.82, 2.24) is 0 Å². The van der Waals surface area contributed by atoms with Crippen molar-refractivity contribution >= 4 is 18.6 Å². The van der Waals surface area contributed by atoms with Crippen LogP contribution >= 0.6 is 12.6 Å². The van der Waals surface area contributed by atoms with E-state index in [1.54, 1.807) is 13.0 Å². The van der Waals surface area contributed by atoms with Gasteiger partial charge in [0.15, 0.2) is 0 Å². The van der Waals surface area contributed by atoms with Gasteiger partial charge >= 0.3 is 5.97 Å². The number of hydrogen-bond donors (Lipinski definition) is 1. The molecule has 17 heavy (non-hydrogen) atoms. The van der Waals surface area contributed by atoms with E-state index in [1.165, 1.54) is 0 Å². The van der Waals surface area contributed by atoms with Gasteiger partial charge in [-0.2, -0.15) is 5.26 Å². The smallest absolute Gasteiger partial charge is 0.339 e. The number of rotatable bonds is 3. The van der Waals surface area contributed by atoms with Crippen LogP contribution in [-0.2, 0) is 4.74 Å². The second kappa shape index (κ2) is 5.64. The maximum Gasteiger partial charge on any atom is 0.339 e. The van der Waals surface area contributed by atoms with Crippen LogP contribution in [0.5, 0.6) is 0 Å². The van der Waals surface area contributed by atoms with Crippen LogP contribution in [0.25, 0.3) is 0 Å². The van der Waals surface area contributed by atoms with E-state index in [0.717, 1.165) is 12.1 Å². The third kappa shape index (κ3) is 2.74. The number of alkyl halides is 2. The van der Waals surface area contributed by atoms with Crippen LogP contribution in [0.15, 0.2) is 17.0 Å². The molecule has 0 amide bonds. The van der Waals surface area contributed by atoms with Crippen molar-refractivity contribution in [3.63, 3.8) is 0 Å². The van der Waals surface area contributed by atoms with Crippen molar-refractivity contribution < 1.29 is 18.3 Å².